The summed E-state index contributed by atoms with van der Waals surface area (Å²) >= 11 is 0. The number of rotatable bonds is 3. The Bertz CT molecular complexity index is 496. The van der Waals surface area contributed by atoms with Gasteiger partial charge in [-0.15, -0.1) is 0 Å². The molecule has 0 aromatic heterocycles. The van der Waals surface area contributed by atoms with Gasteiger partial charge < -0.3 is 10.4 Å². The summed E-state index contributed by atoms with van der Waals surface area (Å²) in [5, 5.41) is 12.7. The first-order valence-corrected chi connectivity index (χ1v) is 7.55. The lowest BCUT2D eigenvalue weighted by Crippen LogP contribution is -2.41. The van der Waals surface area contributed by atoms with Crippen molar-refractivity contribution in [3.8, 4) is 0 Å². The Morgan fingerprint density at radius 3 is 2.44 bits per heavy atom. The molecule has 0 aromatic carbocycles. The molecular weight excluding hydrogens is 258 g/mol. The fraction of sp³-hybridized carbons (Fsp3) is 0.636. The Balaban J connectivity index is 1.97. The molecule has 1 unspecified atom stereocenters. The Kier molecular flexibility index (Phi) is 3.43. The number of aliphatic carboxylic acids is 1. The number of carbonyl (C=O) groups excluding carboxylic acids is 1. The molecule has 0 radical (unpaired) electrons. The van der Waals surface area contributed by atoms with E-state index in [-0.39, 0.29) is 11.7 Å². The maximum Gasteiger partial charge on any atom is 0.307 e. The molecular formula is C11H15NO5S. The number of amides is 1. The number of nitrogens with one attached hydrogen (secondary N) is 1. The van der Waals surface area contributed by atoms with Crippen molar-refractivity contribution in [3.63, 3.8) is 0 Å². The number of carbonyl (C=O) groups is 2. The summed E-state index contributed by atoms with van der Waals surface area (Å²) in [4.78, 5) is 22.9. The maximum atomic E-state index is 11.9. The van der Waals surface area contributed by atoms with E-state index >= 15 is 0 Å². The predicted octanol–water partition coefficient (Wildman–Crippen LogP) is -0.0858. The van der Waals surface area contributed by atoms with Crippen LogP contribution in [0.3, 0.4) is 0 Å². The molecule has 7 heteroatoms. The first kappa shape index (κ1) is 13.1. The van der Waals surface area contributed by atoms with Gasteiger partial charge in [-0.05, 0) is 18.9 Å². The van der Waals surface area contributed by atoms with Gasteiger partial charge in [-0.3, -0.25) is 9.59 Å². The third-order valence-corrected chi connectivity index (χ3v) is 4.82. The van der Waals surface area contributed by atoms with Crippen molar-refractivity contribution in [2.45, 2.75) is 25.3 Å². The molecule has 0 aromatic rings. The third-order valence-electron chi connectivity index (χ3n) is 3.43. The van der Waals surface area contributed by atoms with Crippen LogP contribution in [0.15, 0.2) is 11.5 Å². The highest BCUT2D eigenvalue weighted by Gasteiger charge is 2.38. The van der Waals surface area contributed by atoms with Crippen LogP contribution in [0.2, 0.25) is 0 Å². The predicted molar refractivity (Wildman–Crippen MR) is 63.3 cm³/mol. The van der Waals surface area contributed by atoms with Crippen molar-refractivity contribution in [3.05, 3.63) is 11.5 Å². The summed E-state index contributed by atoms with van der Waals surface area (Å²) in [6, 6.07) is -0.530. The molecule has 18 heavy (non-hydrogen) atoms. The Morgan fingerprint density at radius 1 is 1.22 bits per heavy atom. The van der Waals surface area contributed by atoms with Crippen LogP contribution in [0.5, 0.6) is 0 Å². The van der Waals surface area contributed by atoms with E-state index in [0.29, 0.717) is 19.3 Å². The molecule has 1 amide bonds. The van der Waals surface area contributed by atoms with Crippen molar-refractivity contribution in [2.75, 3.05) is 5.75 Å². The molecule has 2 rings (SSSR count). The van der Waals surface area contributed by atoms with Crippen LogP contribution in [0.25, 0.3) is 0 Å². The number of hydrogen-bond donors (Lipinski definition) is 2. The fourth-order valence-electron chi connectivity index (χ4n) is 2.52. The van der Waals surface area contributed by atoms with Crippen LogP contribution >= 0.6 is 0 Å². The van der Waals surface area contributed by atoms with Gasteiger partial charge >= 0.3 is 5.97 Å². The van der Waals surface area contributed by atoms with E-state index in [0.717, 1.165) is 5.41 Å². The van der Waals surface area contributed by atoms with E-state index in [4.69, 9.17) is 5.11 Å². The molecule has 2 aliphatic rings. The van der Waals surface area contributed by atoms with Gasteiger partial charge in [0.1, 0.15) is 0 Å². The Morgan fingerprint density at radius 2 is 1.89 bits per heavy atom. The van der Waals surface area contributed by atoms with Crippen LogP contribution in [-0.4, -0.2) is 37.2 Å². The van der Waals surface area contributed by atoms with E-state index in [9.17, 15) is 18.0 Å². The molecule has 100 valence electrons. The maximum absolute atomic E-state index is 11.9. The largest absolute Gasteiger partial charge is 0.481 e. The molecule has 0 spiro atoms. The average molecular weight is 273 g/mol. The van der Waals surface area contributed by atoms with E-state index in [1.165, 1.54) is 6.08 Å². The van der Waals surface area contributed by atoms with Gasteiger partial charge in [0, 0.05) is 5.41 Å². The van der Waals surface area contributed by atoms with Crippen LogP contribution < -0.4 is 5.32 Å². The average Bonchev–Trinajstić information content (AvgIpc) is 2.84. The summed E-state index contributed by atoms with van der Waals surface area (Å²) in [5.41, 5.74) is 0. The van der Waals surface area contributed by atoms with Crippen molar-refractivity contribution in [1.82, 2.24) is 5.32 Å². The molecule has 1 fully saturated rings. The summed E-state index contributed by atoms with van der Waals surface area (Å²) in [6.45, 7) is 0. The fourth-order valence-corrected chi connectivity index (χ4v) is 3.76. The molecule has 0 bridgehead atoms. The zero-order valence-corrected chi connectivity index (χ0v) is 10.5. The topological polar surface area (TPSA) is 101 Å². The summed E-state index contributed by atoms with van der Waals surface area (Å²) in [6.07, 6.45) is 3.20. The Hall–Kier alpha value is -1.37. The normalized spacial score (nSPS) is 33.4. The van der Waals surface area contributed by atoms with Gasteiger partial charge in [-0.1, -0.05) is 6.42 Å². The summed E-state index contributed by atoms with van der Waals surface area (Å²) in [5.74, 6) is -2.64. The molecule has 2 N–H and O–H groups in total. The zero-order chi connectivity index (χ0) is 13.3. The smallest absolute Gasteiger partial charge is 0.307 e. The highest BCUT2D eigenvalue weighted by molar-refractivity contribution is 7.94. The van der Waals surface area contributed by atoms with E-state index in [1.807, 2.05) is 0 Å². The van der Waals surface area contributed by atoms with Gasteiger partial charge in [-0.25, -0.2) is 8.42 Å². The van der Waals surface area contributed by atoms with Gasteiger partial charge in [-0.2, -0.15) is 0 Å². The van der Waals surface area contributed by atoms with Crippen LogP contribution in [0.4, 0.5) is 0 Å². The first-order chi connectivity index (χ1) is 8.39. The molecule has 3 atom stereocenters. The quantitative estimate of drug-likeness (QED) is 0.748. The van der Waals surface area contributed by atoms with Crippen LogP contribution in [0.1, 0.15) is 19.3 Å². The SMILES string of the molecule is O=C(O)[C@H]1CCC[C@H]1C(=O)NC1C=CS(=O)(=O)C1. The lowest BCUT2D eigenvalue weighted by Gasteiger charge is -2.17. The van der Waals surface area contributed by atoms with Crippen molar-refractivity contribution in [2.24, 2.45) is 11.8 Å². The minimum Gasteiger partial charge on any atom is -0.481 e. The molecule has 1 aliphatic carbocycles. The zero-order valence-electron chi connectivity index (χ0n) is 9.70. The number of hydrogen-bond acceptors (Lipinski definition) is 4. The standard InChI is InChI=1S/C11H15NO5S/c13-10(8-2-1-3-9(8)11(14)15)12-7-4-5-18(16,17)6-7/h4-5,7-9H,1-3,6H2,(H,12,13)(H,14,15)/t7?,8-,9+/m1/s1. The van der Waals surface area contributed by atoms with Gasteiger partial charge in [0.2, 0.25) is 5.91 Å². The lowest BCUT2D eigenvalue weighted by atomic mass is 9.95. The van der Waals surface area contributed by atoms with Crippen LogP contribution in [-0.2, 0) is 19.4 Å². The second-order valence-electron chi connectivity index (χ2n) is 4.76. The minimum atomic E-state index is -3.21. The molecule has 1 saturated carbocycles. The minimum absolute atomic E-state index is 0.136. The van der Waals surface area contributed by atoms with E-state index < -0.39 is 33.7 Å². The monoisotopic (exact) mass is 273 g/mol. The lowest BCUT2D eigenvalue weighted by molar-refractivity contribution is -0.146. The number of carboxylic acids is 1. The van der Waals surface area contributed by atoms with Crippen molar-refractivity contribution < 1.29 is 23.1 Å². The second kappa shape index (κ2) is 4.72. The highest BCUT2D eigenvalue weighted by Crippen LogP contribution is 2.32. The number of carboxylic acid groups (broad SMARTS) is 1. The molecule has 1 aliphatic heterocycles. The molecule has 0 saturated heterocycles. The summed E-state index contributed by atoms with van der Waals surface area (Å²) < 4.78 is 22.4. The Labute approximate surface area is 105 Å². The second-order valence-corrected chi connectivity index (χ2v) is 6.69. The van der Waals surface area contributed by atoms with Gasteiger partial charge in [0.05, 0.1) is 23.6 Å². The van der Waals surface area contributed by atoms with Gasteiger partial charge in [0.25, 0.3) is 0 Å². The molecule has 1 heterocycles. The number of sulfone groups is 1. The van der Waals surface area contributed by atoms with Crippen molar-refractivity contribution >= 4 is 21.7 Å². The first-order valence-electron chi connectivity index (χ1n) is 5.83. The third kappa shape index (κ3) is 2.72. The van der Waals surface area contributed by atoms with Crippen molar-refractivity contribution in [1.29, 1.82) is 0 Å². The summed E-state index contributed by atoms with van der Waals surface area (Å²) in [7, 11) is -3.21. The van der Waals surface area contributed by atoms with E-state index in [2.05, 4.69) is 5.32 Å². The highest BCUT2D eigenvalue weighted by atomic mass is 32.2. The van der Waals surface area contributed by atoms with E-state index in [1.54, 1.807) is 0 Å². The molecule has 6 nitrogen and oxygen atoms in total. The van der Waals surface area contributed by atoms with Gasteiger partial charge in [0.15, 0.2) is 9.84 Å². The van der Waals surface area contributed by atoms with Crippen LogP contribution in [0, 0.1) is 11.8 Å².